The molecule has 2 N–H and O–H groups in total. The number of aromatic nitrogens is 2. The number of aryl methyl sites for hydroxylation is 2. The van der Waals surface area contributed by atoms with Gasteiger partial charge in [-0.25, -0.2) is 18.5 Å². The number of rotatable bonds is 6. The van der Waals surface area contributed by atoms with E-state index < -0.39 is 10.0 Å². The molecule has 3 aromatic rings. The summed E-state index contributed by atoms with van der Waals surface area (Å²) < 4.78 is 41.6. The average Bonchev–Trinajstić information content (AvgIpc) is 3.19. The van der Waals surface area contributed by atoms with Gasteiger partial charge in [0.1, 0.15) is 24.8 Å². The Morgan fingerprint density at radius 3 is 2.48 bits per heavy atom. The Balaban J connectivity index is 1.58. The van der Waals surface area contributed by atoms with Crippen molar-refractivity contribution in [3.63, 3.8) is 0 Å². The molecule has 0 amide bonds. The van der Waals surface area contributed by atoms with Gasteiger partial charge in [0.15, 0.2) is 11.5 Å². The second kappa shape index (κ2) is 7.76. The largest absolute Gasteiger partial charge is 0.496 e. The lowest BCUT2D eigenvalue weighted by Gasteiger charge is -2.21. The van der Waals surface area contributed by atoms with Crippen LogP contribution in [0, 0.1) is 0 Å². The summed E-state index contributed by atoms with van der Waals surface area (Å²) in [5, 5.41) is 5.15. The van der Waals surface area contributed by atoms with E-state index >= 15 is 0 Å². The minimum absolute atomic E-state index is 0.102. The SMILES string of the molecule is COc1cc2c(cc1-c1nccn1CCc1ccc(S(N)(=O)=O)cc1)OCCO2. The molecule has 2 aromatic carbocycles. The number of benzene rings is 2. The molecule has 1 aliphatic heterocycles. The Labute approximate surface area is 168 Å². The maximum absolute atomic E-state index is 11.4. The third-order valence-corrected chi connectivity index (χ3v) is 5.64. The van der Waals surface area contributed by atoms with Gasteiger partial charge in [-0.2, -0.15) is 0 Å². The van der Waals surface area contributed by atoms with Gasteiger partial charge in [0.2, 0.25) is 10.0 Å². The summed E-state index contributed by atoms with van der Waals surface area (Å²) in [5.41, 5.74) is 1.80. The number of ether oxygens (including phenoxy) is 3. The van der Waals surface area contributed by atoms with E-state index in [4.69, 9.17) is 19.3 Å². The summed E-state index contributed by atoms with van der Waals surface area (Å²) in [6, 6.07) is 10.3. The maximum atomic E-state index is 11.4. The van der Waals surface area contributed by atoms with Crippen molar-refractivity contribution >= 4 is 10.0 Å². The zero-order chi connectivity index (χ0) is 20.4. The molecule has 0 aliphatic carbocycles. The zero-order valence-electron chi connectivity index (χ0n) is 15.9. The molecular weight excluding hydrogens is 394 g/mol. The lowest BCUT2D eigenvalue weighted by atomic mass is 10.1. The molecule has 0 spiro atoms. The fourth-order valence-electron chi connectivity index (χ4n) is 3.24. The number of hydrogen-bond donors (Lipinski definition) is 1. The molecule has 0 fully saturated rings. The quantitative estimate of drug-likeness (QED) is 0.662. The van der Waals surface area contributed by atoms with Gasteiger partial charge in [0, 0.05) is 25.0 Å². The lowest BCUT2D eigenvalue weighted by Crippen LogP contribution is -2.15. The molecular formula is C20H21N3O5S. The maximum Gasteiger partial charge on any atom is 0.238 e. The molecule has 4 rings (SSSR count). The standard InChI is InChI=1S/C20H21N3O5S/c1-26-17-13-19-18(27-10-11-28-19)12-16(17)20-22-7-9-23(20)8-6-14-2-4-15(5-3-14)29(21,24)25/h2-5,7,9,12-13H,6,8,10-11H2,1H3,(H2,21,24,25). The van der Waals surface area contributed by atoms with Crippen LogP contribution in [-0.2, 0) is 23.0 Å². The number of nitrogens with zero attached hydrogens (tertiary/aromatic N) is 2. The fraction of sp³-hybridized carbons (Fsp3) is 0.250. The summed E-state index contributed by atoms with van der Waals surface area (Å²) in [4.78, 5) is 4.60. The Morgan fingerprint density at radius 2 is 1.83 bits per heavy atom. The molecule has 0 saturated carbocycles. The number of sulfonamides is 1. The van der Waals surface area contributed by atoms with Crippen molar-refractivity contribution in [2.75, 3.05) is 20.3 Å². The Bertz CT molecular complexity index is 1120. The molecule has 1 aliphatic rings. The predicted octanol–water partition coefficient (Wildman–Crippen LogP) is 2.22. The van der Waals surface area contributed by atoms with Crippen LogP contribution in [0.4, 0.5) is 0 Å². The van der Waals surface area contributed by atoms with E-state index in [2.05, 4.69) is 4.98 Å². The topological polar surface area (TPSA) is 106 Å². The summed E-state index contributed by atoms with van der Waals surface area (Å²) in [7, 11) is -2.08. The molecule has 1 aromatic heterocycles. The summed E-state index contributed by atoms with van der Waals surface area (Å²) in [6.45, 7) is 1.66. The van der Waals surface area contributed by atoms with Crippen LogP contribution in [0.2, 0.25) is 0 Å². The van der Waals surface area contributed by atoms with Gasteiger partial charge in [0.05, 0.1) is 17.6 Å². The fourth-order valence-corrected chi connectivity index (χ4v) is 3.76. The minimum atomic E-state index is -3.69. The van der Waals surface area contributed by atoms with Crippen LogP contribution >= 0.6 is 0 Å². The Kier molecular flexibility index (Phi) is 5.16. The molecule has 0 unspecified atom stereocenters. The van der Waals surface area contributed by atoms with Gasteiger partial charge in [0.25, 0.3) is 0 Å². The summed E-state index contributed by atoms with van der Waals surface area (Å²) in [5.74, 6) is 2.73. The van der Waals surface area contributed by atoms with E-state index in [1.54, 1.807) is 25.4 Å². The third kappa shape index (κ3) is 4.06. The summed E-state index contributed by atoms with van der Waals surface area (Å²) in [6.07, 6.45) is 4.32. The second-order valence-corrected chi connectivity index (χ2v) is 8.14. The lowest BCUT2D eigenvalue weighted by molar-refractivity contribution is 0.171. The molecule has 2 heterocycles. The number of methoxy groups -OCH3 is 1. The van der Waals surface area contributed by atoms with Crippen LogP contribution in [-0.4, -0.2) is 38.3 Å². The molecule has 152 valence electrons. The van der Waals surface area contributed by atoms with Gasteiger partial charge in [-0.15, -0.1) is 0 Å². The van der Waals surface area contributed by atoms with Gasteiger partial charge < -0.3 is 18.8 Å². The monoisotopic (exact) mass is 415 g/mol. The van der Waals surface area contributed by atoms with Crippen molar-refractivity contribution in [1.29, 1.82) is 0 Å². The smallest absolute Gasteiger partial charge is 0.238 e. The third-order valence-electron chi connectivity index (χ3n) is 4.71. The number of primary sulfonamides is 1. The number of nitrogens with two attached hydrogens (primary N) is 1. The first-order valence-corrected chi connectivity index (χ1v) is 10.6. The van der Waals surface area contributed by atoms with Crippen LogP contribution in [0.3, 0.4) is 0 Å². The minimum Gasteiger partial charge on any atom is -0.496 e. The first-order chi connectivity index (χ1) is 14.0. The van der Waals surface area contributed by atoms with Crippen molar-refractivity contribution in [2.24, 2.45) is 5.14 Å². The zero-order valence-corrected chi connectivity index (χ0v) is 16.7. The average molecular weight is 415 g/mol. The van der Waals surface area contributed by atoms with Crippen LogP contribution in [0.5, 0.6) is 17.2 Å². The van der Waals surface area contributed by atoms with E-state index in [9.17, 15) is 8.42 Å². The van der Waals surface area contributed by atoms with E-state index in [-0.39, 0.29) is 4.90 Å². The second-order valence-electron chi connectivity index (χ2n) is 6.58. The number of fused-ring (bicyclic) bond motifs is 1. The first kappa shape index (κ1) is 19.3. The normalized spacial score (nSPS) is 13.3. The molecule has 9 heteroatoms. The van der Waals surface area contributed by atoms with Gasteiger partial charge in [-0.1, -0.05) is 12.1 Å². The van der Waals surface area contributed by atoms with Gasteiger partial charge in [-0.05, 0) is 30.2 Å². The number of imidazole rings is 1. The van der Waals surface area contributed by atoms with Gasteiger partial charge >= 0.3 is 0 Å². The van der Waals surface area contributed by atoms with Crippen LogP contribution in [0.15, 0.2) is 53.7 Å². The van der Waals surface area contributed by atoms with E-state index in [1.165, 1.54) is 12.1 Å². The van der Waals surface area contributed by atoms with E-state index in [0.29, 0.717) is 43.4 Å². The highest BCUT2D eigenvalue weighted by Gasteiger charge is 2.20. The van der Waals surface area contributed by atoms with Crippen LogP contribution < -0.4 is 19.3 Å². The molecule has 0 bridgehead atoms. The summed E-state index contributed by atoms with van der Waals surface area (Å²) >= 11 is 0. The predicted molar refractivity (Wildman–Crippen MR) is 107 cm³/mol. The van der Waals surface area contributed by atoms with Gasteiger partial charge in [-0.3, -0.25) is 0 Å². The first-order valence-electron chi connectivity index (χ1n) is 9.06. The highest BCUT2D eigenvalue weighted by atomic mass is 32.2. The molecule has 0 atom stereocenters. The van der Waals surface area contributed by atoms with Crippen LogP contribution in [0.1, 0.15) is 5.56 Å². The van der Waals surface area contributed by atoms with E-state index in [1.807, 2.05) is 22.9 Å². The van der Waals surface area contributed by atoms with E-state index in [0.717, 1.165) is 17.0 Å². The van der Waals surface area contributed by atoms with Crippen LogP contribution in [0.25, 0.3) is 11.4 Å². The van der Waals surface area contributed by atoms with Crippen molar-refractivity contribution in [2.45, 2.75) is 17.9 Å². The van der Waals surface area contributed by atoms with Crippen molar-refractivity contribution < 1.29 is 22.6 Å². The highest BCUT2D eigenvalue weighted by Crippen LogP contribution is 2.41. The Hall–Kier alpha value is -3.04. The van der Waals surface area contributed by atoms with Crippen molar-refractivity contribution in [1.82, 2.24) is 9.55 Å². The Morgan fingerprint density at radius 1 is 1.14 bits per heavy atom. The molecule has 8 nitrogen and oxygen atoms in total. The molecule has 0 saturated heterocycles. The molecule has 29 heavy (non-hydrogen) atoms. The van der Waals surface area contributed by atoms with Crippen molar-refractivity contribution in [3.05, 3.63) is 54.4 Å². The molecule has 0 radical (unpaired) electrons. The highest BCUT2D eigenvalue weighted by molar-refractivity contribution is 7.89. The number of hydrogen-bond acceptors (Lipinski definition) is 6. The van der Waals surface area contributed by atoms with Crippen molar-refractivity contribution in [3.8, 4) is 28.6 Å².